The number of hydrogen-bond donors (Lipinski definition) is 1. The molecule has 2 aliphatic rings. The summed E-state index contributed by atoms with van der Waals surface area (Å²) in [5.41, 5.74) is 0. The van der Waals surface area contributed by atoms with Gasteiger partial charge in [0.2, 0.25) is 0 Å². The zero-order valence-electron chi connectivity index (χ0n) is 7.61. The van der Waals surface area contributed by atoms with E-state index in [4.69, 9.17) is 0 Å². The first-order chi connectivity index (χ1) is 6.45. The summed E-state index contributed by atoms with van der Waals surface area (Å²) in [7, 11) is 0. The van der Waals surface area contributed by atoms with Crippen LogP contribution >= 0.6 is 0 Å². The van der Waals surface area contributed by atoms with Gasteiger partial charge in [-0.25, -0.2) is 0 Å². The molecule has 0 radical (unpaired) electrons. The topological polar surface area (TPSA) is 42.7 Å². The van der Waals surface area contributed by atoms with Crippen LogP contribution in [-0.2, 0) is 0 Å². The Morgan fingerprint density at radius 1 is 1.38 bits per heavy atom. The summed E-state index contributed by atoms with van der Waals surface area (Å²) in [6.45, 7) is 2.21. The van der Waals surface area contributed by atoms with Crippen molar-refractivity contribution in [3.63, 3.8) is 0 Å². The van der Waals surface area contributed by atoms with Crippen molar-refractivity contribution in [2.45, 2.75) is 31.2 Å². The van der Waals surface area contributed by atoms with E-state index in [2.05, 4.69) is 20.1 Å². The highest BCUT2D eigenvalue weighted by Gasteiger charge is 2.31. The van der Waals surface area contributed by atoms with Crippen LogP contribution in [0.15, 0.2) is 6.33 Å². The third kappa shape index (κ3) is 1.25. The van der Waals surface area contributed by atoms with Gasteiger partial charge in [-0.1, -0.05) is 0 Å². The van der Waals surface area contributed by atoms with Crippen molar-refractivity contribution in [3.8, 4) is 0 Å². The second-order valence-electron chi connectivity index (χ2n) is 4.02. The summed E-state index contributed by atoms with van der Waals surface area (Å²) in [6, 6.07) is 0.602. The molecule has 1 aromatic rings. The molecule has 0 aromatic carbocycles. The molecular weight excluding hydrogens is 164 g/mol. The third-order valence-corrected chi connectivity index (χ3v) is 2.97. The minimum Gasteiger partial charge on any atom is -0.315 e. The lowest BCUT2D eigenvalue weighted by molar-refractivity contribution is 0.522. The van der Waals surface area contributed by atoms with E-state index < -0.39 is 0 Å². The first-order valence-electron chi connectivity index (χ1n) is 5.05. The van der Waals surface area contributed by atoms with Gasteiger partial charge in [-0.15, -0.1) is 10.2 Å². The minimum absolute atomic E-state index is 0.602. The van der Waals surface area contributed by atoms with Crippen LogP contribution in [0, 0.1) is 0 Å². The normalized spacial score (nSPS) is 28.2. The second kappa shape index (κ2) is 2.80. The van der Waals surface area contributed by atoms with Crippen LogP contribution in [0.3, 0.4) is 0 Å². The fourth-order valence-corrected chi connectivity index (χ4v) is 2.04. The molecule has 3 rings (SSSR count). The van der Waals surface area contributed by atoms with Crippen LogP contribution in [0.2, 0.25) is 0 Å². The van der Waals surface area contributed by atoms with Crippen LogP contribution < -0.4 is 5.32 Å². The Kier molecular flexibility index (Phi) is 1.62. The van der Waals surface area contributed by atoms with Crippen molar-refractivity contribution in [2.75, 3.05) is 13.1 Å². The molecular formula is C9H14N4. The zero-order valence-corrected chi connectivity index (χ0v) is 7.61. The highest BCUT2D eigenvalue weighted by Crippen LogP contribution is 2.39. The van der Waals surface area contributed by atoms with Gasteiger partial charge in [0, 0.05) is 18.5 Å². The van der Waals surface area contributed by atoms with Crippen molar-refractivity contribution in [1.29, 1.82) is 0 Å². The van der Waals surface area contributed by atoms with E-state index in [1.807, 2.05) is 6.33 Å². The molecule has 1 aromatic heterocycles. The van der Waals surface area contributed by atoms with Crippen molar-refractivity contribution >= 4 is 0 Å². The fraction of sp³-hybridized carbons (Fsp3) is 0.778. The zero-order chi connectivity index (χ0) is 8.67. The molecule has 0 bridgehead atoms. The highest BCUT2D eigenvalue weighted by atomic mass is 15.3. The lowest BCUT2D eigenvalue weighted by Crippen LogP contribution is -2.14. The van der Waals surface area contributed by atoms with Gasteiger partial charge in [0.1, 0.15) is 12.2 Å². The van der Waals surface area contributed by atoms with Crippen LogP contribution in [0.4, 0.5) is 0 Å². The molecule has 4 heteroatoms. The SMILES string of the molecule is c1nnc(C2CC2)n1C1CCNC1. The Hall–Kier alpha value is -0.900. The minimum atomic E-state index is 0.602. The van der Waals surface area contributed by atoms with Crippen molar-refractivity contribution in [1.82, 2.24) is 20.1 Å². The first kappa shape index (κ1) is 7.50. The summed E-state index contributed by atoms with van der Waals surface area (Å²) in [5.74, 6) is 1.93. The van der Waals surface area contributed by atoms with E-state index in [1.54, 1.807) is 0 Å². The largest absolute Gasteiger partial charge is 0.315 e. The summed E-state index contributed by atoms with van der Waals surface area (Å²) in [6.07, 6.45) is 5.72. The lowest BCUT2D eigenvalue weighted by atomic mass is 10.2. The fourth-order valence-electron chi connectivity index (χ4n) is 2.04. The molecule has 1 aliphatic heterocycles. The average Bonchev–Trinajstić information content (AvgIpc) is 2.72. The maximum Gasteiger partial charge on any atom is 0.136 e. The van der Waals surface area contributed by atoms with Crippen molar-refractivity contribution < 1.29 is 0 Å². The molecule has 1 atom stereocenters. The molecule has 0 spiro atoms. The van der Waals surface area contributed by atoms with E-state index in [0.29, 0.717) is 12.0 Å². The number of rotatable bonds is 2. The maximum atomic E-state index is 4.21. The number of hydrogen-bond acceptors (Lipinski definition) is 3. The Morgan fingerprint density at radius 2 is 2.31 bits per heavy atom. The van der Waals surface area contributed by atoms with E-state index in [1.165, 1.54) is 25.1 Å². The summed E-state index contributed by atoms with van der Waals surface area (Å²) < 4.78 is 2.28. The molecule has 1 unspecified atom stereocenters. The molecule has 2 heterocycles. The van der Waals surface area contributed by atoms with Crippen LogP contribution in [-0.4, -0.2) is 27.9 Å². The first-order valence-corrected chi connectivity index (χ1v) is 5.05. The van der Waals surface area contributed by atoms with Gasteiger partial charge in [0.25, 0.3) is 0 Å². The summed E-state index contributed by atoms with van der Waals surface area (Å²) in [5, 5.41) is 11.6. The smallest absolute Gasteiger partial charge is 0.136 e. The molecule has 2 fully saturated rings. The van der Waals surface area contributed by atoms with E-state index in [9.17, 15) is 0 Å². The number of nitrogens with zero attached hydrogens (tertiary/aromatic N) is 3. The molecule has 70 valence electrons. The molecule has 13 heavy (non-hydrogen) atoms. The van der Waals surface area contributed by atoms with Crippen molar-refractivity contribution in [3.05, 3.63) is 12.2 Å². The highest BCUT2D eigenvalue weighted by molar-refractivity contribution is 5.06. The van der Waals surface area contributed by atoms with Crippen LogP contribution in [0.1, 0.15) is 37.0 Å². The standard InChI is InChI=1S/C9H14N4/c1-2-7(1)9-12-11-6-13(9)8-3-4-10-5-8/h6-8,10H,1-5H2. The van der Waals surface area contributed by atoms with Gasteiger partial charge in [0.15, 0.2) is 0 Å². The summed E-state index contributed by atoms with van der Waals surface area (Å²) >= 11 is 0. The van der Waals surface area contributed by atoms with Gasteiger partial charge in [-0.3, -0.25) is 0 Å². The van der Waals surface area contributed by atoms with E-state index in [-0.39, 0.29) is 0 Å². The predicted molar refractivity (Wildman–Crippen MR) is 48.5 cm³/mol. The van der Waals surface area contributed by atoms with E-state index in [0.717, 1.165) is 13.1 Å². The van der Waals surface area contributed by atoms with Gasteiger partial charge in [-0.2, -0.15) is 0 Å². The second-order valence-corrected chi connectivity index (χ2v) is 4.02. The Bertz CT molecular complexity index is 296. The quantitative estimate of drug-likeness (QED) is 0.724. The van der Waals surface area contributed by atoms with E-state index >= 15 is 0 Å². The van der Waals surface area contributed by atoms with Crippen LogP contribution in [0.5, 0.6) is 0 Å². The monoisotopic (exact) mass is 178 g/mol. The van der Waals surface area contributed by atoms with Crippen LogP contribution in [0.25, 0.3) is 0 Å². The Balaban J connectivity index is 1.88. The Labute approximate surface area is 77.4 Å². The number of nitrogens with one attached hydrogen (secondary N) is 1. The third-order valence-electron chi connectivity index (χ3n) is 2.97. The van der Waals surface area contributed by atoms with Gasteiger partial charge < -0.3 is 9.88 Å². The lowest BCUT2D eigenvalue weighted by Gasteiger charge is -2.11. The number of aromatic nitrogens is 3. The Morgan fingerprint density at radius 3 is 3.00 bits per heavy atom. The van der Waals surface area contributed by atoms with Gasteiger partial charge in [0.05, 0.1) is 0 Å². The molecule has 1 aliphatic carbocycles. The molecule has 4 nitrogen and oxygen atoms in total. The molecule has 1 saturated heterocycles. The molecule has 1 N–H and O–H groups in total. The van der Waals surface area contributed by atoms with Gasteiger partial charge in [-0.05, 0) is 25.8 Å². The predicted octanol–water partition coefficient (Wildman–Crippen LogP) is 0.690. The maximum absolute atomic E-state index is 4.21. The summed E-state index contributed by atoms with van der Waals surface area (Å²) in [4.78, 5) is 0. The average molecular weight is 178 g/mol. The van der Waals surface area contributed by atoms with Gasteiger partial charge >= 0.3 is 0 Å². The molecule has 0 amide bonds. The van der Waals surface area contributed by atoms with Crippen molar-refractivity contribution in [2.24, 2.45) is 0 Å². The molecule has 1 saturated carbocycles.